The Kier molecular flexibility index (Phi) is 3.71. The first-order valence-corrected chi connectivity index (χ1v) is 6.41. The number of aliphatic hydroxyl groups is 1. The molecule has 2 heterocycles. The van der Waals surface area contributed by atoms with Gasteiger partial charge in [0.05, 0.1) is 19.8 Å². The fourth-order valence-electron chi connectivity index (χ4n) is 2.07. The van der Waals surface area contributed by atoms with Gasteiger partial charge in [-0.2, -0.15) is 4.52 Å². The van der Waals surface area contributed by atoms with Crippen LogP contribution >= 0.6 is 0 Å². The summed E-state index contributed by atoms with van der Waals surface area (Å²) in [6, 6.07) is 7.91. The molecular formula is C13H15N5O2. The van der Waals surface area contributed by atoms with E-state index in [0.717, 1.165) is 22.2 Å². The van der Waals surface area contributed by atoms with E-state index in [4.69, 9.17) is 9.84 Å². The van der Waals surface area contributed by atoms with Crippen LogP contribution in [0.3, 0.4) is 0 Å². The van der Waals surface area contributed by atoms with Crippen molar-refractivity contribution in [3.63, 3.8) is 0 Å². The summed E-state index contributed by atoms with van der Waals surface area (Å²) in [7, 11) is 0. The van der Waals surface area contributed by atoms with Crippen LogP contribution in [-0.2, 0) is 4.74 Å². The van der Waals surface area contributed by atoms with Crippen molar-refractivity contribution in [1.29, 1.82) is 0 Å². The molecule has 0 saturated carbocycles. The number of nitrogens with zero attached hydrogens (tertiary/aromatic N) is 4. The minimum absolute atomic E-state index is 0.0356. The summed E-state index contributed by atoms with van der Waals surface area (Å²) in [6.45, 7) is 1.51. The Morgan fingerprint density at radius 3 is 2.90 bits per heavy atom. The molecule has 0 unspecified atom stereocenters. The fraction of sp³-hybridized carbons (Fsp3) is 0.308. The number of aromatic nitrogens is 4. The molecule has 0 amide bonds. The molecule has 3 rings (SSSR count). The lowest BCUT2D eigenvalue weighted by molar-refractivity contribution is 0.0992. The fourth-order valence-corrected chi connectivity index (χ4v) is 2.07. The molecule has 1 aromatic carbocycles. The maximum atomic E-state index is 8.64. The lowest BCUT2D eigenvalue weighted by Gasteiger charge is -2.09. The molecule has 7 nitrogen and oxygen atoms in total. The number of anilines is 1. The number of ether oxygens (including phenoxy) is 1. The Balaban J connectivity index is 1.88. The van der Waals surface area contributed by atoms with E-state index in [9.17, 15) is 0 Å². The quantitative estimate of drug-likeness (QED) is 0.643. The molecule has 0 bridgehead atoms. The first-order chi connectivity index (χ1) is 9.90. The van der Waals surface area contributed by atoms with Crippen molar-refractivity contribution < 1.29 is 9.84 Å². The topological polar surface area (TPSA) is 84.6 Å². The zero-order valence-electron chi connectivity index (χ0n) is 10.9. The van der Waals surface area contributed by atoms with E-state index in [2.05, 4.69) is 20.6 Å². The summed E-state index contributed by atoms with van der Waals surface area (Å²) in [5.41, 5.74) is 0.739. The summed E-state index contributed by atoms with van der Waals surface area (Å²) in [5.74, 6) is 0.764. The Hall–Kier alpha value is -2.25. The Bertz CT molecular complexity index is 712. The SMILES string of the molecule is OCCOCCNc1nn2cnnc2c2ccccc12. The third-order valence-corrected chi connectivity index (χ3v) is 2.94. The summed E-state index contributed by atoms with van der Waals surface area (Å²) in [4.78, 5) is 0. The second-order valence-electron chi connectivity index (χ2n) is 4.26. The molecule has 0 aliphatic carbocycles. The molecule has 0 atom stereocenters. The van der Waals surface area contributed by atoms with E-state index in [0.29, 0.717) is 19.8 Å². The monoisotopic (exact) mass is 273 g/mol. The molecule has 0 aliphatic rings. The van der Waals surface area contributed by atoms with Crippen molar-refractivity contribution in [2.45, 2.75) is 0 Å². The van der Waals surface area contributed by atoms with Gasteiger partial charge in [-0.3, -0.25) is 0 Å². The molecule has 0 spiro atoms. The van der Waals surface area contributed by atoms with E-state index < -0.39 is 0 Å². The molecule has 2 aromatic heterocycles. The van der Waals surface area contributed by atoms with Crippen LogP contribution in [0.25, 0.3) is 16.4 Å². The van der Waals surface area contributed by atoms with Gasteiger partial charge in [-0.15, -0.1) is 15.3 Å². The maximum Gasteiger partial charge on any atom is 0.185 e. The molecule has 0 radical (unpaired) electrons. The van der Waals surface area contributed by atoms with Crippen molar-refractivity contribution in [1.82, 2.24) is 19.8 Å². The zero-order chi connectivity index (χ0) is 13.8. The predicted molar refractivity (Wildman–Crippen MR) is 74.7 cm³/mol. The van der Waals surface area contributed by atoms with Gasteiger partial charge in [0.2, 0.25) is 0 Å². The summed E-state index contributed by atoms with van der Waals surface area (Å²) in [6.07, 6.45) is 1.58. The number of benzene rings is 1. The predicted octanol–water partition coefficient (Wildman–Crippen LogP) is 0.698. The summed E-state index contributed by atoms with van der Waals surface area (Å²) < 4.78 is 6.87. The van der Waals surface area contributed by atoms with Gasteiger partial charge < -0.3 is 15.2 Å². The van der Waals surface area contributed by atoms with Crippen molar-refractivity contribution in [2.24, 2.45) is 0 Å². The number of aliphatic hydroxyl groups excluding tert-OH is 1. The maximum absolute atomic E-state index is 8.64. The van der Waals surface area contributed by atoms with Crippen molar-refractivity contribution in [2.75, 3.05) is 31.7 Å². The third-order valence-electron chi connectivity index (χ3n) is 2.94. The van der Waals surface area contributed by atoms with Crippen molar-refractivity contribution in [3.8, 4) is 0 Å². The second-order valence-corrected chi connectivity index (χ2v) is 4.26. The van der Waals surface area contributed by atoms with Crippen LogP contribution in [0.2, 0.25) is 0 Å². The van der Waals surface area contributed by atoms with E-state index in [1.165, 1.54) is 0 Å². The lowest BCUT2D eigenvalue weighted by atomic mass is 10.2. The molecule has 3 aromatic rings. The Morgan fingerprint density at radius 1 is 1.20 bits per heavy atom. The normalized spacial score (nSPS) is 11.2. The van der Waals surface area contributed by atoms with Crippen LogP contribution in [0.15, 0.2) is 30.6 Å². The van der Waals surface area contributed by atoms with E-state index in [-0.39, 0.29) is 6.61 Å². The van der Waals surface area contributed by atoms with E-state index >= 15 is 0 Å². The number of rotatable bonds is 6. The van der Waals surface area contributed by atoms with Gasteiger partial charge in [-0.05, 0) is 0 Å². The number of hydrogen-bond donors (Lipinski definition) is 2. The highest BCUT2D eigenvalue weighted by atomic mass is 16.5. The Labute approximate surface area is 115 Å². The zero-order valence-corrected chi connectivity index (χ0v) is 10.9. The Morgan fingerprint density at radius 2 is 2.05 bits per heavy atom. The van der Waals surface area contributed by atoms with Crippen LogP contribution in [-0.4, -0.2) is 51.3 Å². The molecule has 0 saturated heterocycles. The van der Waals surface area contributed by atoms with Gasteiger partial charge in [0, 0.05) is 17.3 Å². The minimum atomic E-state index is 0.0356. The first-order valence-electron chi connectivity index (χ1n) is 6.41. The number of fused-ring (bicyclic) bond motifs is 3. The van der Waals surface area contributed by atoms with Crippen molar-refractivity contribution >= 4 is 22.2 Å². The smallest absolute Gasteiger partial charge is 0.185 e. The van der Waals surface area contributed by atoms with Gasteiger partial charge in [-0.25, -0.2) is 0 Å². The van der Waals surface area contributed by atoms with Gasteiger partial charge in [0.25, 0.3) is 0 Å². The van der Waals surface area contributed by atoms with Crippen LogP contribution < -0.4 is 5.32 Å². The van der Waals surface area contributed by atoms with E-state index in [1.807, 2.05) is 24.3 Å². The number of nitrogens with one attached hydrogen (secondary N) is 1. The molecular weight excluding hydrogens is 258 g/mol. The summed E-state index contributed by atoms with van der Waals surface area (Å²) in [5, 5.41) is 26.3. The molecule has 7 heteroatoms. The third kappa shape index (κ3) is 2.40. The van der Waals surface area contributed by atoms with Gasteiger partial charge >= 0.3 is 0 Å². The minimum Gasteiger partial charge on any atom is -0.394 e. The van der Waals surface area contributed by atoms with Gasteiger partial charge in [0.15, 0.2) is 11.5 Å². The highest BCUT2D eigenvalue weighted by molar-refractivity contribution is 5.99. The highest BCUT2D eigenvalue weighted by Gasteiger charge is 2.08. The standard InChI is InChI=1S/C13H15N5O2/c19-6-8-20-7-5-14-12-10-3-1-2-4-11(10)13-16-15-9-18(13)17-12/h1-4,9,19H,5-8H2,(H,14,17). The average molecular weight is 273 g/mol. The van der Waals surface area contributed by atoms with Crippen LogP contribution in [0.4, 0.5) is 5.82 Å². The molecule has 0 aliphatic heterocycles. The molecule has 0 fully saturated rings. The molecule has 20 heavy (non-hydrogen) atoms. The van der Waals surface area contributed by atoms with Crippen LogP contribution in [0.5, 0.6) is 0 Å². The highest BCUT2D eigenvalue weighted by Crippen LogP contribution is 2.23. The molecule has 104 valence electrons. The van der Waals surface area contributed by atoms with E-state index in [1.54, 1.807) is 10.8 Å². The summed E-state index contributed by atoms with van der Waals surface area (Å²) >= 11 is 0. The van der Waals surface area contributed by atoms with Gasteiger partial charge in [0.1, 0.15) is 6.33 Å². The second kappa shape index (κ2) is 5.81. The number of hydrogen-bond acceptors (Lipinski definition) is 6. The average Bonchev–Trinajstić information content (AvgIpc) is 2.95. The van der Waals surface area contributed by atoms with Gasteiger partial charge in [-0.1, -0.05) is 24.3 Å². The molecule has 2 N–H and O–H groups in total. The van der Waals surface area contributed by atoms with Crippen LogP contribution in [0.1, 0.15) is 0 Å². The van der Waals surface area contributed by atoms with Crippen LogP contribution in [0, 0.1) is 0 Å². The van der Waals surface area contributed by atoms with Crippen molar-refractivity contribution in [3.05, 3.63) is 30.6 Å². The lowest BCUT2D eigenvalue weighted by Crippen LogP contribution is -2.13. The first kappa shape index (κ1) is 12.8. The largest absolute Gasteiger partial charge is 0.394 e.